The Bertz CT molecular complexity index is 1010. The van der Waals surface area contributed by atoms with Crippen molar-refractivity contribution in [2.24, 2.45) is 0 Å². The summed E-state index contributed by atoms with van der Waals surface area (Å²) < 4.78 is 14.7. The summed E-state index contributed by atoms with van der Waals surface area (Å²) in [6, 6.07) is 7.75. The number of aryl methyl sites for hydroxylation is 1. The topological polar surface area (TPSA) is 70.5 Å². The highest BCUT2D eigenvalue weighted by Gasteiger charge is 2.32. The fraction of sp³-hybridized carbons (Fsp3) is 0.278. The van der Waals surface area contributed by atoms with E-state index >= 15 is 0 Å². The molecule has 1 N–H and O–H groups in total. The van der Waals surface area contributed by atoms with Crippen molar-refractivity contribution in [1.29, 1.82) is 0 Å². The van der Waals surface area contributed by atoms with Gasteiger partial charge < -0.3 is 9.88 Å². The SMILES string of the molecule is Cc1cc2[nH]c(=O)c(C(=O)N3CCC[C@H]3c3ccc(F)cc3)cn2n1. The zero-order valence-corrected chi connectivity index (χ0v) is 13.7. The second-order valence-corrected chi connectivity index (χ2v) is 6.32. The van der Waals surface area contributed by atoms with E-state index in [0.29, 0.717) is 12.2 Å². The molecule has 1 aliphatic heterocycles. The molecule has 0 radical (unpaired) electrons. The first-order valence-electron chi connectivity index (χ1n) is 8.18. The van der Waals surface area contributed by atoms with Crippen LogP contribution in [0.2, 0.25) is 0 Å². The van der Waals surface area contributed by atoms with Gasteiger partial charge in [-0.05, 0) is 37.5 Å². The van der Waals surface area contributed by atoms with Crippen LogP contribution in [0.15, 0.2) is 41.3 Å². The molecule has 3 heterocycles. The molecule has 4 rings (SSSR count). The Morgan fingerprint density at radius 2 is 2.08 bits per heavy atom. The zero-order valence-electron chi connectivity index (χ0n) is 13.7. The lowest BCUT2D eigenvalue weighted by molar-refractivity contribution is 0.0733. The number of nitrogens with zero attached hydrogens (tertiary/aromatic N) is 3. The van der Waals surface area contributed by atoms with Crippen molar-refractivity contribution in [3.8, 4) is 0 Å². The van der Waals surface area contributed by atoms with E-state index in [2.05, 4.69) is 10.1 Å². The summed E-state index contributed by atoms with van der Waals surface area (Å²) >= 11 is 0. The second-order valence-electron chi connectivity index (χ2n) is 6.32. The van der Waals surface area contributed by atoms with Crippen molar-refractivity contribution in [2.45, 2.75) is 25.8 Å². The van der Waals surface area contributed by atoms with Crippen LogP contribution in [0, 0.1) is 12.7 Å². The van der Waals surface area contributed by atoms with Crippen molar-refractivity contribution in [2.75, 3.05) is 6.54 Å². The average molecular weight is 340 g/mol. The highest BCUT2D eigenvalue weighted by molar-refractivity contribution is 5.94. The third kappa shape index (κ3) is 2.71. The third-order valence-electron chi connectivity index (χ3n) is 4.59. The van der Waals surface area contributed by atoms with Crippen LogP contribution in [0.1, 0.15) is 40.5 Å². The number of H-pyrrole nitrogens is 1. The van der Waals surface area contributed by atoms with Crippen molar-refractivity contribution in [1.82, 2.24) is 19.5 Å². The molecule has 7 heteroatoms. The molecule has 6 nitrogen and oxygen atoms in total. The summed E-state index contributed by atoms with van der Waals surface area (Å²) in [4.78, 5) is 29.7. The van der Waals surface area contributed by atoms with E-state index in [4.69, 9.17) is 0 Å². The van der Waals surface area contributed by atoms with Crippen molar-refractivity contribution in [3.05, 3.63) is 69.5 Å². The standard InChI is InChI=1S/C18H17FN4O2/c1-11-9-16-20-17(24)14(10-23(16)21-11)18(25)22-8-2-3-15(22)12-4-6-13(19)7-5-12/h4-7,9-10,15H,2-3,8H2,1H3,(H,20,24)/t15-/m0/s1. The number of amides is 1. The van der Waals surface area contributed by atoms with E-state index in [1.807, 2.05) is 6.92 Å². The first-order valence-corrected chi connectivity index (χ1v) is 8.18. The minimum absolute atomic E-state index is 0.0598. The fourth-order valence-corrected chi connectivity index (χ4v) is 3.42. The van der Waals surface area contributed by atoms with Gasteiger partial charge in [-0.15, -0.1) is 0 Å². The van der Waals surface area contributed by atoms with E-state index < -0.39 is 5.56 Å². The van der Waals surface area contributed by atoms with Gasteiger partial charge in [-0.1, -0.05) is 12.1 Å². The maximum absolute atomic E-state index is 13.2. The number of likely N-dealkylation sites (tertiary alicyclic amines) is 1. The molecule has 1 saturated heterocycles. The minimum atomic E-state index is -0.429. The summed E-state index contributed by atoms with van der Waals surface area (Å²) in [7, 11) is 0. The van der Waals surface area contributed by atoms with Gasteiger partial charge in [-0.3, -0.25) is 9.59 Å². The molecular formula is C18H17FN4O2. The third-order valence-corrected chi connectivity index (χ3v) is 4.59. The molecule has 1 fully saturated rings. The van der Waals surface area contributed by atoms with E-state index in [0.717, 1.165) is 24.1 Å². The number of nitrogens with one attached hydrogen (secondary N) is 1. The Morgan fingerprint density at radius 3 is 2.84 bits per heavy atom. The number of aromatic amines is 1. The Kier molecular flexibility index (Phi) is 3.63. The number of halogens is 1. The van der Waals surface area contributed by atoms with Gasteiger partial charge in [0.05, 0.1) is 11.7 Å². The quantitative estimate of drug-likeness (QED) is 0.779. The van der Waals surface area contributed by atoms with Gasteiger partial charge in [-0.2, -0.15) is 5.10 Å². The normalized spacial score (nSPS) is 17.4. The number of carbonyl (C=O) groups excluding carboxylic acids is 1. The van der Waals surface area contributed by atoms with Crippen LogP contribution in [0.4, 0.5) is 4.39 Å². The second kappa shape index (κ2) is 5.84. The molecule has 0 bridgehead atoms. The largest absolute Gasteiger partial charge is 0.331 e. The summed E-state index contributed by atoms with van der Waals surface area (Å²) in [6.07, 6.45) is 3.11. The molecular weight excluding hydrogens is 323 g/mol. The highest BCUT2D eigenvalue weighted by Crippen LogP contribution is 2.32. The molecule has 0 unspecified atom stereocenters. The average Bonchev–Trinajstić information content (AvgIpc) is 3.19. The molecule has 128 valence electrons. The number of hydrogen-bond acceptors (Lipinski definition) is 3. The summed E-state index contributed by atoms with van der Waals surface area (Å²) in [5.41, 5.74) is 1.81. The van der Waals surface area contributed by atoms with Crippen LogP contribution >= 0.6 is 0 Å². The lowest BCUT2D eigenvalue weighted by atomic mass is 10.0. The monoisotopic (exact) mass is 340 g/mol. The Balaban J connectivity index is 1.71. The van der Waals surface area contributed by atoms with Crippen LogP contribution in [0.5, 0.6) is 0 Å². The Labute approximate surface area is 142 Å². The van der Waals surface area contributed by atoms with E-state index in [-0.39, 0.29) is 23.3 Å². The molecule has 0 aliphatic carbocycles. The lowest BCUT2D eigenvalue weighted by Gasteiger charge is -2.25. The molecule has 2 aromatic heterocycles. The van der Waals surface area contributed by atoms with Gasteiger partial charge in [0.2, 0.25) is 0 Å². The number of carbonyl (C=O) groups is 1. The highest BCUT2D eigenvalue weighted by atomic mass is 19.1. The molecule has 3 aromatic rings. The zero-order chi connectivity index (χ0) is 17.6. The van der Waals surface area contributed by atoms with Crippen molar-refractivity contribution >= 4 is 11.6 Å². The fourth-order valence-electron chi connectivity index (χ4n) is 3.42. The molecule has 1 aliphatic rings. The number of hydrogen-bond donors (Lipinski definition) is 1. The maximum Gasteiger partial charge on any atom is 0.264 e. The minimum Gasteiger partial charge on any atom is -0.331 e. The van der Waals surface area contributed by atoms with Gasteiger partial charge in [0.25, 0.3) is 11.5 Å². The number of rotatable bonds is 2. The van der Waals surface area contributed by atoms with Crippen LogP contribution in [-0.4, -0.2) is 31.9 Å². The summed E-state index contributed by atoms with van der Waals surface area (Å²) in [5, 5.41) is 4.24. The molecule has 0 spiro atoms. The van der Waals surface area contributed by atoms with Crippen LogP contribution in [0.3, 0.4) is 0 Å². The van der Waals surface area contributed by atoms with E-state index in [1.165, 1.54) is 22.8 Å². The predicted octanol–water partition coefficient (Wildman–Crippen LogP) is 2.45. The van der Waals surface area contributed by atoms with Gasteiger partial charge in [0.15, 0.2) is 0 Å². The van der Waals surface area contributed by atoms with Crippen molar-refractivity contribution < 1.29 is 9.18 Å². The summed E-state index contributed by atoms with van der Waals surface area (Å²) in [5.74, 6) is -0.640. The number of fused-ring (bicyclic) bond motifs is 1. The van der Waals surface area contributed by atoms with Crippen LogP contribution < -0.4 is 5.56 Å². The first-order chi connectivity index (χ1) is 12.0. The number of aromatic nitrogens is 3. The lowest BCUT2D eigenvalue weighted by Crippen LogP contribution is -2.34. The van der Waals surface area contributed by atoms with E-state index in [1.54, 1.807) is 23.1 Å². The van der Waals surface area contributed by atoms with Gasteiger partial charge in [-0.25, -0.2) is 8.91 Å². The maximum atomic E-state index is 13.2. The van der Waals surface area contributed by atoms with Gasteiger partial charge in [0, 0.05) is 18.8 Å². The number of benzene rings is 1. The van der Waals surface area contributed by atoms with Gasteiger partial charge in [0.1, 0.15) is 17.0 Å². The molecule has 25 heavy (non-hydrogen) atoms. The van der Waals surface area contributed by atoms with Gasteiger partial charge >= 0.3 is 0 Å². The van der Waals surface area contributed by atoms with E-state index in [9.17, 15) is 14.0 Å². The van der Waals surface area contributed by atoms with Crippen LogP contribution in [0.25, 0.3) is 5.65 Å². The molecule has 1 amide bonds. The first kappa shape index (κ1) is 15.6. The smallest absolute Gasteiger partial charge is 0.264 e. The Hall–Kier alpha value is -2.96. The van der Waals surface area contributed by atoms with Crippen molar-refractivity contribution in [3.63, 3.8) is 0 Å². The molecule has 0 saturated carbocycles. The predicted molar refractivity (Wildman–Crippen MR) is 90.0 cm³/mol. The molecule has 1 aromatic carbocycles. The molecule has 1 atom stereocenters. The Morgan fingerprint density at radius 1 is 1.32 bits per heavy atom. The summed E-state index contributed by atoms with van der Waals surface area (Å²) in [6.45, 7) is 2.38. The van der Waals surface area contributed by atoms with Crippen LogP contribution in [-0.2, 0) is 0 Å².